The molecule has 134 valence electrons. The minimum Gasteiger partial charge on any atom is -0.462 e. The molecule has 1 aromatic carbocycles. The standard InChI is InChI=1S/C23H21N3O/c1-16-12-20(23(24-2)25-3)15-21(27-16)9-8-17-13-18-6-4-10-26-11-5-7-19(14-17)22(18)26/h8-9,12-15H,4-7,10-11H2,1H3. The predicted molar refractivity (Wildman–Crippen MR) is 107 cm³/mol. The van der Waals surface area contributed by atoms with Gasteiger partial charge in [0.1, 0.15) is 24.7 Å². The second kappa shape index (κ2) is 7.17. The highest BCUT2D eigenvalue weighted by molar-refractivity contribution is 5.68. The van der Waals surface area contributed by atoms with Gasteiger partial charge < -0.3 is 9.64 Å². The van der Waals surface area contributed by atoms with E-state index in [0.29, 0.717) is 17.1 Å². The molecule has 3 heterocycles. The van der Waals surface area contributed by atoms with E-state index in [-0.39, 0.29) is 5.82 Å². The van der Waals surface area contributed by atoms with Crippen LogP contribution in [-0.2, 0) is 17.6 Å². The molecule has 1 aromatic rings. The van der Waals surface area contributed by atoms with Crippen LogP contribution in [-0.4, -0.2) is 13.1 Å². The first-order chi connectivity index (χ1) is 13.2. The summed E-state index contributed by atoms with van der Waals surface area (Å²) >= 11 is 0. The van der Waals surface area contributed by atoms with Crippen LogP contribution in [0.4, 0.5) is 5.69 Å². The van der Waals surface area contributed by atoms with Gasteiger partial charge in [-0.05, 0) is 79.7 Å². The van der Waals surface area contributed by atoms with E-state index < -0.39 is 0 Å². The Hall–Kier alpha value is -3.24. The Bertz CT molecular complexity index is 948. The van der Waals surface area contributed by atoms with E-state index in [1.54, 1.807) is 12.2 Å². The Morgan fingerprint density at radius 3 is 2.33 bits per heavy atom. The van der Waals surface area contributed by atoms with Crippen molar-refractivity contribution in [2.45, 2.75) is 32.6 Å². The second-order valence-corrected chi connectivity index (χ2v) is 7.12. The summed E-state index contributed by atoms with van der Waals surface area (Å²) in [5.74, 6) is 1.41. The van der Waals surface area contributed by atoms with Gasteiger partial charge in [0.15, 0.2) is 0 Å². The molecule has 0 radical (unpaired) electrons. The smallest absolute Gasteiger partial charge is 0.462 e. The molecule has 0 spiro atoms. The third kappa shape index (κ3) is 3.39. The molecular formula is C23H21N3O. The van der Waals surface area contributed by atoms with Gasteiger partial charge in [0, 0.05) is 18.8 Å². The summed E-state index contributed by atoms with van der Waals surface area (Å²) in [4.78, 5) is 9.15. The first-order valence-corrected chi connectivity index (χ1v) is 9.34. The summed E-state index contributed by atoms with van der Waals surface area (Å²) < 4.78 is 5.76. The number of aryl methyl sites for hydroxylation is 2. The van der Waals surface area contributed by atoms with E-state index in [4.69, 9.17) is 17.9 Å². The van der Waals surface area contributed by atoms with Gasteiger partial charge in [-0.3, -0.25) is 0 Å². The predicted octanol–water partition coefficient (Wildman–Crippen LogP) is 5.27. The van der Waals surface area contributed by atoms with Crippen molar-refractivity contribution in [1.82, 2.24) is 0 Å². The van der Waals surface area contributed by atoms with Gasteiger partial charge in [-0.1, -0.05) is 6.08 Å². The summed E-state index contributed by atoms with van der Waals surface area (Å²) in [6, 6.07) is 4.58. The Balaban J connectivity index is 1.65. The molecular weight excluding hydrogens is 334 g/mol. The number of allylic oxidation sites excluding steroid dienone is 5. The topological polar surface area (TPSA) is 21.2 Å². The Labute approximate surface area is 160 Å². The van der Waals surface area contributed by atoms with E-state index in [1.807, 2.05) is 13.0 Å². The number of nitrogens with zero attached hydrogens (tertiary/aromatic N) is 3. The molecule has 0 aromatic heterocycles. The van der Waals surface area contributed by atoms with Crippen LogP contribution in [0.3, 0.4) is 0 Å². The lowest BCUT2D eigenvalue weighted by molar-refractivity contribution is 0.318. The minimum absolute atomic E-state index is 0.0712. The van der Waals surface area contributed by atoms with E-state index in [9.17, 15) is 0 Å². The summed E-state index contributed by atoms with van der Waals surface area (Å²) in [5.41, 5.74) is 6.18. The Morgan fingerprint density at radius 2 is 1.70 bits per heavy atom. The number of hydrogen-bond donors (Lipinski definition) is 0. The van der Waals surface area contributed by atoms with Crippen LogP contribution in [0.1, 0.15) is 36.5 Å². The van der Waals surface area contributed by atoms with Gasteiger partial charge in [-0.15, -0.1) is 0 Å². The van der Waals surface area contributed by atoms with Gasteiger partial charge in [0.05, 0.1) is 5.57 Å². The minimum atomic E-state index is 0.0712. The maximum Gasteiger partial charge on any atom is 0.526 e. The highest BCUT2D eigenvalue weighted by Crippen LogP contribution is 2.36. The van der Waals surface area contributed by atoms with Crippen molar-refractivity contribution in [3.8, 4) is 0 Å². The van der Waals surface area contributed by atoms with Crippen LogP contribution >= 0.6 is 0 Å². The lowest BCUT2D eigenvalue weighted by Crippen LogP contribution is -2.34. The molecule has 3 aliphatic rings. The zero-order chi connectivity index (χ0) is 18.8. The van der Waals surface area contributed by atoms with Crippen LogP contribution in [0.5, 0.6) is 0 Å². The lowest BCUT2D eigenvalue weighted by Gasteiger charge is -2.37. The quantitative estimate of drug-likeness (QED) is 0.674. The highest BCUT2D eigenvalue weighted by atomic mass is 16.5. The first-order valence-electron chi connectivity index (χ1n) is 9.34. The van der Waals surface area contributed by atoms with Gasteiger partial charge in [0.2, 0.25) is 0 Å². The van der Waals surface area contributed by atoms with Crippen LogP contribution in [0.25, 0.3) is 15.8 Å². The van der Waals surface area contributed by atoms with Crippen molar-refractivity contribution in [2.24, 2.45) is 0 Å². The second-order valence-electron chi connectivity index (χ2n) is 7.12. The number of benzene rings is 1. The van der Waals surface area contributed by atoms with Crippen LogP contribution in [0, 0.1) is 13.1 Å². The average molecular weight is 355 g/mol. The van der Waals surface area contributed by atoms with Crippen molar-refractivity contribution in [3.63, 3.8) is 0 Å². The highest BCUT2D eigenvalue weighted by Gasteiger charge is 2.23. The summed E-state index contributed by atoms with van der Waals surface area (Å²) in [6.07, 6.45) is 12.2. The fourth-order valence-corrected chi connectivity index (χ4v) is 4.13. The van der Waals surface area contributed by atoms with Gasteiger partial charge in [-0.25, -0.2) is 0 Å². The molecule has 0 unspecified atom stereocenters. The molecule has 4 heteroatoms. The number of anilines is 1. The molecule has 4 nitrogen and oxygen atoms in total. The molecule has 0 atom stereocenters. The normalized spacial score (nSPS) is 18.0. The molecule has 0 saturated heterocycles. The van der Waals surface area contributed by atoms with Gasteiger partial charge in [-0.2, -0.15) is 9.69 Å². The van der Waals surface area contributed by atoms with Crippen LogP contribution in [0.2, 0.25) is 0 Å². The maximum atomic E-state index is 7.15. The van der Waals surface area contributed by atoms with Crippen LogP contribution < -0.4 is 4.90 Å². The maximum absolute atomic E-state index is 7.15. The molecule has 4 rings (SSSR count). The molecule has 0 saturated carbocycles. The van der Waals surface area contributed by atoms with E-state index >= 15 is 0 Å². The Kier molecular flexibility index (Phi) is 4.57. The molecule has 27 heavy (non-hydrogen) atoms. The summed E-state index contributed by atoms with van der Waals surface area (Å²) in [7, 11) is 0. The molecule has 0 aliphatic carbocycles. The van der Waals surface area contributed by atoms with Crippen LogP contribution in [0.15, 0.2) is 53.3 Å². The zero-order valence-corrected chi connectivity index (χ0v) is 15.5. The zero-order valence-electron chi connectivity index (χ0n) is 15.5. The van der Waals surface area contributed by atoms with E-state index in [0.717, 1.165) is 12.8 Å². The number of ether oxygens (including phenoxy) is 1. The Morgan fingerprint density at radius 1 is 1.04 bits per heavy atom. The lowest BCUT2D eigenvalue weighted by atomic mass is 9.90. The van der Waals surface area contributed by atoms with Crippen molar-refractivity contribution >= 4 is 11.8 Å². The van der Waals surface area contributed by atoms with Crippen molar-refractivity contribution in [2.75, 3.05) is 18.0 Å². The summed E-state index contributed by atoms with van der Waals surface area (Å²) in [5, 5.41) is 0. The molecule has 0 fully saturated rings. The van der Waals surface area contributed by atoms with E-state index in [1.165, 1.54) is 48.3 Å². The van der Waals surface area contributed by atoms with Crippen molar-refractivity contribution < 1.29 is 4.74 Å². The van der Waals surface area contributed by atoms with Crippen molar-refractivity contribution in [1.29, 1.82) is 0 Å². The number of rotatable bonds is 2. The number of hydrogen-bond acceptors (Lipinski definition) is 2. The summed E-state index contributed by atoms with van der Waals surface area (Å²) in [6.45, 7) is 18.5. The SMILES string of the molecule is [C-]#[N+]C([N+]#[C-])=C1C=C(C)OC(C=Cc2cc3c4c(c2)CCCN4CCC3)=C1. The monoisotopic (exact) mass is 355 g/mol. The molecule has 0 N–H and O–H groups in total. The fourth-order valence-electron chi connectivity index (χ4n) is 4.13. The molecule has 0 bridgehead atoms. The van der Waals surface area contributed by atoms with Crippen molar-refractivity contribution in [3.05, 3.63) is 92.8 Å². The van der Waals surface area contributed by atoms with Gasteiger partial charge in [0.25, 0.3) is 0 Å². The third-order valence-corrected chi connectivity index (χ3v) is 5.20. The largest absolute Gasteiger partial charge is 0.526 e. The first kappa shape index (κ1) is 17.2. The molecule has 0 amide bonds. The van der Waals surface area contributed by atoms with E-state index in [2.05, 4.69) is 32.8 Å². The fraction of sp³-hybridized carbons (Fsp3) is 0.304. The van der Waals surface area contributed by atoms with Gasteiger partial charge >= 0.3 is 5.82 Å². The molecule has 3 aliphatic heterocycles. The average Bonchev–Trinajstić information content (AvgIpc) is 2.67. The third-order valence-electron chi connectivity index (χ3n) is 5.20.